The highest BCUT2D eigenvalue weighted by Crippen LogP contribution is 2.15. The summed E-state index contributed by atoms with van der Waals surface area (Å²) in [6.07, 6.45) is 1.84. The lowest BCUT2D eigenvalue weighted by Gasteiger charge is -2.02. The second-order valence-corrected chi connectivity index (χ2v) is 4.66. The van der Waals surface area contributed by atoms with Crippen LogP contribution >= 0.6 is 11.3 Å². The van der Waals surface area contributed by atoms with Gasteiger partial charge in [0.15, 0.2) is 5.13 Å². The van der Waals surface area contributed by atoms with Crippen LogP contribution < -0.4 is 5.32 Å². The third kappa shape index (κ3) is 3.53. The summed E-state index contributed by atoms with van der Waals surface area (Å²) >= 11 is 1.63. The molecule has 17 heavy (non-hydrogen) atoms. The molecule has 0 saturated heterocycles. The number of halogens is 1. The Morgan fingerprint density at radius 3 is 2.71 bits per heavy atom. The van der Waals surface area contributed by atoms with Gasteiger partial charge in [0.05, 0.1) is 5.69 Å². The largest absolute Gasteiger partial charge is 0.361 e. The van der Waals surface area contributed by atoms with Crippen LogP contribution in [0.4, 0.5) is 9.52 Å². The molecule has 0 atom stereocenters. The van der Waals surface area contributed by atoms with E-state index in [4.69, 9.17) is 0 Å². The summed E-state index contributed by atoms with van der Waals surface area (Å²) in [7, 11) is 0. The summed E-state index contributed by atoms with van der Waals surface area (Å²) in [5.41, 5.74) is 2.26. The van der Waals surface area contributed by atoms with E-state index in [0.29, 0.717) is 0 Å². The third-order valence-electron chi connectivity index (χ3n) is 2.52. The van der Waals surface area contributed by atoms with Gasteiger partial charge in [-0.25, -0.2) is 9.37 Å². The topological polar surface area (TPSA) is 24.9 Å². The number of benzene rings is 1. The number of hydrogen-bond acceptors (Lipinski definition) is 3. The lowest BCUT2D eigenvalue weighted by Crippen LogP contribution is -2.04. The molecule has 0 aliphatic carbocycles. The average Bonchev–Trinajstić information content (AvgIpc) is 2.80. The van der Waals surface area contributed by atoms with E-state index < -0.39 is 0 Å². The molecule has 1 aromatic heterocycles. The van der Waals surface area contributed by atoms with Crippen molar-refractivity contribution in [3.63, 3.8) is 0 Å². The molecule has 0 radical (unpaired) electrons. The Bertz CT molecular complexity index is 465. The smallest absolute Gasteiger partial charge is 0.182 e. The molecule has 2 nitrogen and oxygen atoms in total. The minimum atomic E-state index is -0.186. The Morgan fingerprint density at radius 1 is 1.29 bits per heavy atom. The van der Waals surface area contributed by atoms with Gasteiger partial charge in [0.2, 0.25) is 0 Å². The van der Waals surface area contributed by atoms with Gasteiger partial charge in [0.25, 0.3) is 0 Å². The zero-order chi connectivity index (χ0) is 12.1. The predicted octanol–water partition coefficient (Wildman–Crippen LogP) is 3.50. The van der Waals surface area contributed by atoms with Crippen molar-refractivity contribution in [2.75, 3.05) is 11.9 Å². The second kappa shape index (κ2) is 5.77. The number of nitrogens with one attached hydrogen (secondary N) is 1. The summed E-state index contributed by atoms with van der Waals surface area (Å²) in [5, 5.41) is 6.31. The first-order chi connectivity index (χ1) is 8.28. The maximum absolute atomic E-state index is 12.7. The first-order valence-electron chi connectivity index (χ1n) is 5.70. The maximum Gasteiger partial charge on any atom is 0.182 e. The number of aromatic nitrogens is 1. The van der Waals surface area contributed by atoms with Gasteiger partial charge in [-0.1, -0.05) is 19.1 Å². The molecule has 0 spiro atoms. The minimum absolute atomic E-state index is 0.186. The number of hydrogen-bond donors (Lipinski definition) is 1. The first-order valence-corrected chi connectivity index (χ1v) is 6.58. The van der Waals surface area contributed by atoms with E-state index in [2.05, 4.69) is 22.6 Å². The van der Waals surface area contributed by atoms with Crippen LogP contribution in [-0.4, -0.2) is 11.5 Å². The van der Waals surface area contributed by atoms with Gasteiger partial charge in [-0.05, 0) is 30.5 Å². The normalized spacial score (nSPS) is 10.5. The number of nitrogens with zero attached hydrogens (tertiary/aromatic N) is 1. The van der Waals surface area contributed by atoms with Crippen LogP contribution in [0, 0.1) is 5.82 Å². The van der Waals surface area contributed by atoms with Crippen LogP contribution in [0.3, 0.4) is 0 Å². The molecule has 4 heteroatoms. The van der Waals surface area contributed by atoms with Crippen LogP contribution in [0.25, 0.3) is 0 Å². The lowest BCUT2D eigenvalue weighted by atomic mass is 10.1. The summed E-state index contributed by atoms with van der Waals surface area (Å²) in [4.78, 5) is 4.42. The Labute approximate surface area is 105 Å². The lowest BCUT2D eigenvalue weighted by molar-refractivity contribution is 0.627. The van der Waals surface area contributed by atoms with Crippen LogP contribution in [0.2, 0.25) is 0 Å². The zero-order valence-corrected chi connectivity index (χ0v) is 10.6. The SMILES string of the molecule is CCc1csc(NCCc2ccc(F)cc2)n1. The number of thiazole rings is 1. The molecule has 0 aliphatic rings. The van der Waals surface area contributed by atoms with Gasteiger partial charge in [-0.3, -0.25) is 0 Å². The number of anilines is 1. The van der Waals surface area contributed by atoms with Crippen LogP contribution in [0.5, 0.6) is 0 Å². The van der Waals surface area contributed by atoms with Gasteiger partial charge in [-0.15, -0.1) is 11.3 Å². The van der Waals surface area contributed by atoms with E-state index in [0.717, 1.165) is 35.8 Å². The van der Waals surface area contributed by atoms with Gasteiger partial charge >= 0.3 is 0 Å². The monoisotopic (exact) mass is 250 g/mol. The molecule has 0 aliphatic heterocycles. The minimum Gasteiger partial charge on any atom is -0.361 e. The molecule has 1 N–H and O–H groups in total. The van der Waals surface area contributed by atoms with Crippen LogP contribution in [0.15, 0.2) is 29.6 Å². The van der Waals surface area contributed by atoms with Crippen LogP contribution in [0.1, 0.15) is 18.2 Å². The molecule has 90 valence electrons. The predicted molar refractivity (Wildman–Crippen MR) is 70.1 cm³/mol. The van der Waals surface area contributed by atoms with E-state index in [1.165, 1.54) is 12.1 Å². The molecule has 1 heterocycles. The fourth-order valence-corrected chi connectivity index (χ4v) is 2.34. The summed E-state index contributed by atoms with van der Waals surface area (Å²) in [6, 6.07) is 6.62. The fraction of sp³-hybridized carbons (Fsp3) is 0.308. The quantitative estimate of drug-likeness (QED) is 0.878. The van der Waals surface area contributed by atoms with Crippen molar-refractivity contribution in [3.05, 3.63) is 46.7 Å². The number of aryl methyl sites for hydroxylation is 1. The average molecular weight is 250 g/mol. The highest BCUT2D eigenvalue weighted by atomic mass is 32.1. The molecule has 0 bridgehead atoms. The second-order valence-electron chi connectivity index (χ2n) is 3.80. The van der Waals surface area contributed by atoms with Crippen LogP contribution in [-0.2, 0) is 12.8 Å². The summed E-state index contributed by atoms with van der Waals surface area (Å²) in [6.45, 7) is 2.92. The van der Waals surface area contributed by atoms with E-state index in [1.807, 2.05) is 12.1 Å². The van der Waals surface area contributed by atoms with E-state index >= 15 is 0 Å². The third-order valence-corrected chi connectivity index (χ3v) is 3.37. The molecule has 2 aromatic rings. The van der Waals surface area contributed by atoms with Crippen molar-refractivity contribution in [2.45, 2.75) is 19.8 Å². The Morgan fingerprint density at radius 2 is 2.06 bits per heavy atom. The molecule has 2 rings (SSSR count). The van der Waals surface area contributed by atoms with Crippen molar-refractivity contribution in [3.8, 4) is 0 Å². The highest BCUT2D eigenvalue weighted by Gasteiger charge is 1.99. The summed E-state index contributed by atoms with van der Waals surface area (Å²) in [5.74, 6) is -0.186. The molecular weight excluding hydrogens is 235 g/mol. The molecule has 1 aromatic carbocycles. The zero-order valence-electron chi connectivity index (χ0n) is 9.74. The molecule has 0 fully saturated rings. The highest BCUT2D eigenvalue weighted by molar-refractivity contribution is 7.13. The van der Waals surface area contributed by atoms with Gasteiger partial charge in [-0.2, -0.15) is 0 Å². The maximum atomic E-state index is 12.7. The van der Waals surface area contributed by atoms with E-state index in [-0.39, 0.29) is 5.82 Å². The first kappa shape index (κ1) is 12.0. The molecule has 0 amide bonds. The standard InChI is InChI=1S/C13H15FN2S/c1-2-12-9-17-13(16-12)15-8-7-10-3-5-11(14)6-4-10/h3-6,9H,2,7-8H2,1H3,(H,15,16). The number of rotatable bonds is 5. The summed E-state index contributed by atoms with van der Waals surface area (Å²) < 4.78 is 12.7. The molecular formula is C13H15FN2S. The van der Waals surface area contributed by atoms with Gasteiger partial charge in [0, 0.05) is 11.9 Å². The Kier molecular flexibility index (Phi) is 4.09. The van der Waals surface area contributed by atoms with E-state index in [9.17, 15) is 4.39 Å². The molecule has 0 saturated carbocycles. The Balaban J connectivity index is 1.81. The van der Waals surface area contributed by atoms with Crippen molar-refractivity contribution in [1.29, 1.82) is 0 Å². The molecule has 0 unspecified atom stereocenters. The van der Waals surface area contributed by atoms with Crippen molar-refractivity contribution in [1.82, 2.24) is 4.98 Å². The van der Waals surface area contributed by atoms with Gasteiger partial charge in [0.1, 0.15) is 5.82 Å². The van der Waals surface area contributed by atoms with Crippen molar-refractivity contribution < 1.29 is 4.39 Å². The van der Waals surface area contributed by atoms with Crippen molar-refractivity contribution >= 4 is 16.5 Å². The van der Waals surface area contributed by atoms with E-state index in [1.54, 1.807) is 11.3 Å². The van der Waals surface area contributed by atoms with Crippen molar-refractivity contribution in [2.24, 2.45) is 0 Å². The Hall–Kier alpha value is -1.42. The fourth-order valence-electron chi connectivity index (χ4n) is 1.52. The van der Waals surface area contributed by atoms with Gasteiger partial charge < -0.3 is 5.32 Å².